The van der Waals surface area contributed by atoms with Crippen molar-refractivity contribution in [1.29, 1.82) is 0 Å². The fourth-order valence-corrected chi connectivity index (χ4v) is 10.6. The van der Waals surface area contributed by atoms with Crippen molar-refractivity contribution in [2.24, 2.45) is 50.2 Å². The molecule has 1 heteroatoms. The van der Waals surface area contributed by atoms with Crippen LogP contribution in [0.1, 0.15) is 120 Å². The summed E-state index contributed by atoms with van der Waals surface area (Å²) in [4.78, 5) is 12.8. The first-order valence-corrected chi connectivity index (χ1v) is 13.5. The van der Waals surface area contributed by atoms with E-state index in [0.29, 0.717) is 33.4 Å². The smallest absolute Gasteiger partial charge is 0.138 e. The maximum absolute atomic E-state index is 12.8. The number of carbonyl (C=O) groups is 1. The van der Waals surface area contributed by atoms with Crippen LogP contribution in [0.3, 0.4) is 0 Å². The van der Waals surface area contributed by atoms with Crippen LogP contribution in [0.4, 0.5) is 0 Å². The van der Waals surface area contributed by atoms with Crippen LogP contribution < -0.4 is 0 Å². The van der Waals surface area contributed by atoms with Crippen LogP contribution in [-0.4, -0.2) is 5.78 Å². The van der Waals surface area contributed by atoms with Gasteiger partial charge in [-0.15, -0.1) is 0 Å². The number of allylic oxidation sites excluding steroid dienone is 2. The lowest BCUT2D eigenvalue weighted by molar-refractivity contribution is -0.202. The highest BCUT2D eigenvalue weighted by molar-refractivity contribution is 5.85. The minimum atomic E-state index is -0.154. The summed E-state index contributed by atoms with van der Waals surface area (Å²) in [6, 6.07) is 0. The van der Waals surface area contributed by atoms with Crippen LogP contribution in [0, 0.1) is 50.2 Å². The molecule has 4 fully saturated rings. The first kappa shape index (κ1) is 22.2. The van der Waals surface area contributed by atoms with Gasteiger partial charge in [0.25, 0.3) is 0 Å². The minimum Gasteiger partial charge on any atom is -0.299 e. The Morgan fingerprint density at radius 2 is 1.42 bits per heavy atom. The number of rotatable bonds is 0. The average Bonchev–Trinajstić information content (AvgIpc) is 2.68. The van der Waals surface area contributed by atoms with Gasteiger partial charge >= 0.3 is 0 Å². The van der Waals surface area contributed by atoms with Crippen molar-refractivity contribution in [3.05, 3.63) is 11.6 Å². The molecular formula is C30H48O. The van der Waals surface area contributed by atoms with Crippen molar-refractivity contribution in [2.45, 2.75) is 120 Å². The second kappa shape index (κ2) is 6.29. The van der Waals surface area contributed by atoms with E-state index in [1.165, 1.54) is 51.4 Å². The number of Topliss-reactive ketones (excluding diaryl/α,β-unsaturated/α-hetero) is 1. The number of hydrogen-bond donors (Lipinski definition) is 0. The van der Waals surface area contributed by atoms with E-state index in [-0.39, 0.29) is 10.8 Å². The zero-order valence-electron chi connectivity index (χ0n) is 21.8. The quantitative estimate of drug-likeness (QED) is 0.357. The summed E-state index contributed by atoms with van der Waals surface area (Å²) in [5.74, 6) is 2.61. The summed E-state index contributed by atoms with van der Waals surface area (Å²) in [5, 5.41) is 0. The molecule has 0 bridgehead atoms. The van der Waals surface area contributed by atoms with Crippen molar-refractivity contribution >= 4 is 5.78 Å². The molecule has 0 amide bonds. The summed E-state index contributed by atoms with van der Waals surface area (Å²) in [7, 11) is 0. The van der Waals surface area contributed by atoms with E-state index in [4.69, 9.17) is 0 Å². The lowest BCUT2D eigenvalue weighted by atomic mass is 9.32. The van der Waals surface area contributed by atoms with Crippen LogP contribution in [0.2, 0.25) is 0 Å². The first-order chi connectivity index (χ1) is 14.2. The standard InChI is InChI=1S/C30H48O/c1-25(2)15-9-10-23-29(25,7)19-18-28(6)21-11-12-22-26(3,4)24(31)14-16-27(22,5)20(21)13-17-30(23,28)8/h13,21-23H,9-12,14-19H2,1-8H3/t21-,22-,23+,27+,28+,29-,30-/m0/s1. The van der Waals surface area contributed by atoms with E-state index in [2.05, 4.69) is 61.5 Å². The number of ketones is 1. The van der Waals surface area contributed by atoms with Crippen molar-refractivity contribution in [3.63, 3.8) is 0 Å². The molecule has 5 aliphatic carbocycles. The van der Waals surface area contributed by atoms with Gasteiger partial charge in [0.1, 0.15) is 5.78 Å². The minimum absolute atomic E-state index is 0.154. The molecule has 5 aliphatic rings. The Morgan fingerprint density at radius 3 is 2.13 bits per heavy atom. The second-order valence-corrected chi connectivity index (χ2v) is 14.7. The third kappa shape index (κ3) is 2.48. The lowest BCUT2D eigenvalue weighted by Gasteiger charge is -2.72. The molecule has 0 aromatic heterocycles. The monoisotopic (exact) mass is 424 g/mol. The fraction of sp³-hybridized carbons (Fsp3) is 0.900. The average molecular weight is 425 g/mol. The molecule has 1 nitrogen and oxygen atoms in total. The summed E-state index contributed by atoms with van der Waals surface area (Å²) in [5.41, 5.74) is 3.62. The third-order valence-electron chi connectivity index (χ3n) is 13.4. The van der Waals surface area contributed by atoms with Crippen LogP contribution in [-0.2, 0) is 4.79 Å². The van der Waals surface area contributed by atoms with Crippen molar-refractivity contribution < 1.29 is 4.79 Å². The van der Waals surface area contributed by atoms with E-state index >= 15 is 0 Å². The molecule has 0 saturated heterocycles. The van der Waals surface area contributed by atoms with Gasteiger partial charge in [-0.25, -0.2) is 0 Å². The predicted molar refractivity (Wildman–Crippen MR) is 130 cm³/mol. The second-order valence-electron chi connectivity index (χ2n) is 14.7. The van der Waals surface area contributed by atoms with Crippen LogP contribution in [0.5, 0.6) is 0 Å². The molecule has 31 heavy (non-hydrogen) atoms. The molecular weight excluding hydrogens is 376 g/mol. The Morgan fingerprint density at radius 1 is 0.742 bits per heavy atom. The van der Waals surface area contributed by atoms with Crippen LogP contribution >= 0.6 is 0 Å². The van der Waals surface area contributed by atoms with Gasteiger partial charge in [0.15, 0.2) is 0 Å². The van der Waals surface area contributed by atoms with Gasteiger partial charge in [-0.05, 0) is 96.2 Å². The Labute approximate surface area is 192 Å². The molecule has 0 aromatic rings. The summed E-state index contributed by atoms with van der Waals surface area (Å²) < 4.78 is 0. The number of fused-ring (bicyclic) bond motifs is 7. The maximum Gasteiger partial charge on any atom is 0.138 e. The normalized spacial score (nSPS) is 52.8. The van der Waals surface area contributed by atoms with E-state index in [1.54, 1.807) is 5.57 Å². The van der Waals surface area contributed by atoms with E-state index < -0.39 is 0 Å². The van der Waals surface area contributed by atoms with Gasteiger partial charge in [0, 0.05) is 11.8 Å². The molecule has 0 radical (unpaired) electrons. The first-order valence-electron chi connectivity index (χ1n) is 13.5. The SMILES string of the molecule is CC1(C)C(=O)CC[C@]2(C)C3=CC[C@@]4(C)[C@@H]5CCCC(C)(C)[C@@]5(C)CC[C@]4(C)[C@H]3CC[C@@H]12. The van der Waals surface area contributed by atoms with Crippen LogP contribution in [0.25, 0.3) is 0 Å². The Bertz CT molecular complexity index is 831. The van der Waals surface area contributed by atoms with Crippen molar-refractivity contribution in [2.75, 3.05) is 0 Å². The molecule has 4 saturated carbocycles. The Balaban J connectivity index is 1.59. The third-order valence-corrected chi connectivity index (χ3v) is 13.4. The highest BCUT2D eigenvalue weighted by Gasteiger charge is 2.68. The fourth-order valence-electron chi connectivity index (χ4n) is 10.6. The molecule has 0 unspecified atom stereocenters. The van der Waals surface area contributed by atoms with Crippen molar-refractivity contribution in [3.8, 4) is 0 Å². The van der Waals surface area contributed by atoms with Gasteiger partial charge in [-0.2, -0.15) is 0 Å². The predicted octanol–water partition coefficient (Wildman–Crippen LogP) is 8.38. The van der Waals surface area contributed by atoms with E-state index in [1.807, 2.05) is 0 Å². The van der Waals surface area contributed by atoms with Gasteiger partial charge in [0.05, 0.1) is 0 Å². The van der Waals surface area contributed by atoms with Gasteiger partial charge in [0.2, 0.25) is 0 Å². The molecule has 7 atom stereocenters. The Hall–Kier alpha value is -0.590. The molecule has 0 aromatic carbocycles. The van der Waals surface area contributed by atoms with Gasteiger partial charge in [-0.1, -0.05) is 73.5 Å². The Kier molecular flexibility index (Phi) is 4.51. The molecule has 0 heterocycles. The highest BCUT2D eigenvalue weighted by Crippen LogP contribution is 2.76. The number of hydrogen-bond acceptors (Lipinski definition) is 1. The zero-order valence-corrected chi connectivity index (χ0v) is 21.8. The van der Waals surface area contributed by atoms with E-state index in [0.717, 1.165) is 24.7 Å². The van der Waals surface area contributed by atoms with Crippen molar-refractivity contribution in [1.82, 2.24) is 0 Å². The largest absolute Gasteiger partial charge is 0.299 e. The molecule has 0 spiro atoms. The summed E-state index contributed by atoms with van der Waals surface area (Å²) >= 11 is 0. The zero-order chi connectivity index (χ0) is 22.7. The summed E-state index contributed by atoms with van der Waals surface area (Å²) in [6.07, 6.45) is 15.5. The lowest BCUT2D eigenvalue weighted by Crippen LogP contribution is -2.64. The van der Waals surface area contributed by atoms with Gasteiger partial charge < -0.3 is 0 Å². The van der Waals surface area contributed by atoms with Gasteiger partial charge in [-0.3, -0.25) is 4.79 Å². The highest BCUT2D eigenvalue weighted by atomic mass is 16.1. The molecule has 174 valence electrons. The molecule has 0 aliphatic heterocycles. The maximum atomic E-state index is 12.8. The topological polar surface area (TPSA) is 17.1 Å². The number of carbonyl (C=O) groups excluding carboxylic acids is 1. The molecule has 0 N–H and O–H groups in total. The summed E-state index contributed by atoms with van der Waals surface area (Å²) in [6.45, 7) is 20.3. The molecule has 5 rings (SSSR count). The van der Waals surface area contributed by atoms with E-state index in [9.17, 15) is 4.79 Å². The van der Waals surface area contributed by atoms with Crippen LogP contribution in [0.15, 0.2) is 11.6 Å².